The first kappa shape index (κ1) is 10.1. The van der Waals surface area contributed by atoms with Crippen LogP contribution in [0.2, 0.25) is 0 Å². The Morgan fingerprint density at radius 2 is 2.07 bits per heavy atom. The number of rotatable bonds is 3. The second-order valence-corrected chi connectivity index (χ2v) is 3.56. The number of hydrogen-bond donors (Lipinski definition) is 0. The lowest BCUT2D eigenvalue weighted by Crippen LogP contribution is -1.98. The van der Waals surface area contributed by atoms with Crippen molar-refractivity contribution in [1.29, 1.82) is 0 Å². The molecular formula is C11H8BrNO2. The van der Waals surface area contributed by atoms with E-state index in [-0.39, 0.29) is 5.78 Å². The third-order valence-electron chi connectivity index (χ3n) is 2.05. The molecule has 1 aromatic heterocycles. The van der Waals surface area contributed by atoms with Crippen molar-refractivity contribution in [2.45, 2.75) is 0 Å². The van der Waals surface area contributed by atoms with Gasteiger partial charge in [0.05, 0.1) is 11.5 Å². The van der Waals surface area contributed by atoms with Gasteiger partial charge in [-0.3, -0.25) is 4.79 Å². The van der Waals surface area contributed by atoms with E-state index in [9.17, 15) is 4.79 Å². The van der Waals surface area contributed by atoms with Crippen LogP contribution in [0, 0.1) is 0 Å². The molecule has 2 rings (SSSR count). The van der Waals surface area contributed by atoms with Crippen LogP contribution in [0.1, 0.15) is 10.4 Å². The molecule has 2 aromatic rings. The standard InChI is InChI=1S/C11H8BrNO2/c12-5-10(14)8-1-3-9(4-2-8)11-6-13-7-15-11/h1-4,6-7H,5H2. The molecule has 3 nitrogen and oxygen atoms in total. The Morgan fingerprint density at radius 1 is 1.33 bits per heavy atom. The summed E-state index contributed by atoms with van der Waals surface area (Å²) in [6.45, 7) is 0. The average Bonchev–Trinajstić information content (AvgIpc) is 2.82. The minimum atomic E-state index is 0.0686. The van der Waals surface area contributed by atoms with Crippen molar-refractivity contribution < 1.29 is 9.21 Å². The number of ketones is 1. The molecule has 0 aliphatic heterocycles. The van der Waals surface area contributed by atoms with E-state index in [0.29, 0.717) is 16.7 Å². The number of carbonyl (C=O) groups is 1. The Labute approximate surface area is 95.3 Å². The van der Waals surface area contributed by atoms with Crippen molar-refractivity contribution >= 4 is 21.7 Å². The molecule has 0 spiro atoms. The molecule has 0 fully saturated rings. The first-order chi connectivity index (χ1) is 7.31. The van der Waals surface area contributed by atoms with Gasteiger partial charge in [0.25, 0.3) is 0 Å². The van der Waals surface area contributed by atoms with Crippen LogP contribution in [0.25, 0.3) is 11.3 Å². The largest absolute Gasteiger partial charge is 0.444 e. The fraction of sp³-hybridized carbons (Fsp3) is 0.0909. The predicted molar refractivity (Wildman–Crippen MR) is 60.1 cm³/mol. The van der Waals surface area contributed by atoms with E-state index in [1.807, 2.05) is 12.1 Å². The molecule has 0 N–H and O–H groups in total. The molecule has 15 heavy (non-hydrogen) atoms. The SMILES string of the molecule is O=C(CBr)c1ccc(-c2cnco2)cc1. The second-order valence-electron chi connectivity index (χ2n) is 3.00. The molecule has 0 unspecified atom stereocenters. The molecule has 0 saturated carbocycles. The molecule has 4 heteroatoms. The third-order valence-corrected chi connectivity index (χ3v) is 2.55. The lowest BCUT2D eigenvalue weighted by Gasteiger charge is -1.98. The van der Waals surface area contributed by atoms with E-state index in [4.69, 9.17) is 4.42 Å². The molecule has 0 atom stereocenters. The van der Waals surface area contributed by atoms with Gasteiger partial charge in [0.2, 0.25) is 0 Å². The summed E-state index contributed by atoms with van der Waals surface area (Å²) >= 11 is 3.13. The number of halogens is 1. The monoisotopic (exact) mass is 265 g/mol. The summed E-state index contributed by atoms with van der Waals surface area (Å²) in [6, 6.07) is 7.25. The van der Waals surface area contributed by atoms with Gasteiger partial charge in [-0.1, -0.05) is 40.2 Å². The van der Waals surface area contributed by atoms with E-state index < -0.39 is 0 Å². The van der Waals surface area contributed by atoms with E-state index in [2.05, 4.69) is 20.9 Å². The summed E-state index contributed by atoms with van der Waals surface area (Å²) in [5.74, 6) is 0.770. The zero-order valence-corrected chi connectivity index (χ0v) is 9.40. The van der Waals surface area contributed by atoms with Crippen LogP contribution in [0.15, 0.2) is 41.3 Å². The van der Waals surface area contributed by atoms with Gasteiger partial charge in [-0.05, 0) is 0 Å². The van der Waals surface area contributed by atoms with Crippen LogP contribution in [-0.2, 0) is 0 Å². The number of benzene rings is 1. The highest BCUT2D eigenvalue weighted by atomic mass is 79.9. The van der Waals surface area contributed by atoms with E-state index in [1.54, 1.807) is 18.3 Å². The summed E-state index contributed by atoms with van der Waals surface area (Å²) < 4.78 is 5.14. The highest BCUT2D eigenvalue weighted by molar-refractivity contribution is 9.09. The number of alkyl halides is 1. The molecule has 0 bridgehead atoms. The number of nitrogens with zero attached hydrogens (tertiary/aromatic N) is 1. The van der Waals surface area contributed by atoms with Crippen LogP contribution < -0.4 is 0 Å². The van der Waals surface area contributed by atoms with Gasteiger partial charge in [0.15, 0.2) is 17.9 Å². The minimum Gasteiger partial charge on any atom is -0.444 e. The number of aromatic nitrogens is 1. The number of hydrogen-bond acceptors (Lipinski definition) is 3. The lowest BCUT2D eigenvalue weighted by molar-refractivity contribution is 0.102. The first-order valence-electron chi connectivity index (χ1n) is 4.39. The van der Waals surface area contributed by atoms with Crippen molar-refractivity contribution in [2.24, 2.45) is 0 Å². The minimum absolute atomic E-state index is 0.0686. The zero-order valence-electron chi connectivity index (χ0n) is 7.81. The lowest BCUT2D eigenvalue weighted by atomic mass is 10.1. The average molecular weight is 266 g/mol. The summed E-state index contributed by atoms with van der Waals surface area (Å²) in [5, 5.41) is 0.342. The summed E-state index contributed by atoms with van der Waals surface area (Å²) in [5.41, 5.74) is 1.61. The van der Waals surface area contributed by atoms with Gasteiger partial charge in [-0.2, -0.15) is 0 Å². The molecular weight excluding hydrogens is 258 g/mol. The third kappa shape index (κ3) is 2.15. The topological polar surface area (TPSA) is 43.1 Å². The Balaban J connectivity index is 2.29. The number of Topliss-reactive ketones (excluding diaryl/α,β-unsaturated/α-hetero) is 1. The van der Waals surface area contributed by atoms with Gasteiger partial charge in [-0.15, -0.1) is 0 Å². The molecule has 1 aromatic carbocycles. The van der Waals surface area contributed by atoms with Crippen molar-refractivity contribution in [3.63, 3.8) is 0 Å². The van der Waals surface area contributed by atoms with E-state index in [1.165, 1.54) is 6.39 Å². The van der Waals surface area contributed by atoms with E-state index >= 15 is 0 Å². The zero-order chi connectivity index (χ0) is 10.7. The molecule has 76 valence electrons. The summed E-state index contributed by atoms with van der Waals surface area (Å²) in [4.78, 5) is 15.2. The number of oxazole rings is 1. The summed E-state index contributed by atoms with van der Waals surface area (Å²) in [6.07, 6.45) is 3.02. The van der Waals surface area contributed by atoms with Crippen molar-refractivity contribution in [1.82, 2.24) is 4.98 Å². The van der Waals surface area contributed by atoms with Crippen molar-refractivity contribution in [3.05, 3.63) is 42.4 Å². The Morgan fingerprint density at radius 3 is 2.60 bits per heavy atom. The second kappa shape index (κ2) is 4.40. The van der Waals surface area contributed by atoms with Gasteiger partial charge in [-0.25, -0.2) is 4.98 Å². The van der Waals surface area contributed by atoms with Crippen LogP contribution in [0.5, 0.6) is 0 Å². The normalized spacial score (nSPS) is 10.2. The fourth-order valence-corrected chi connectivity index (χ4v) is 1.58. The van der Waals surface area contributed by atoms with Crippen LogP contribution in [-0.4, -0.2) is 16.1 Å². The molecule has 0 amide bonds. The molecule has 0 aliphatic rings. The van der Waals surface area contributed by atoms with E-state index in [0.717, 1.165) is 5.56 Å². The highest BCUT2D eigenvalue weighted by Gasteiger charge is 2.05. The van der Waals surface area contributed by atoms with Crippen LogP contribution in [0.3, 0.4) is 0 Å². The van der Waals surface area contributed by atoms with Gasteiger partial charge >= 0.3 is 0 Å². The molecule has 1 heterocycles. The Hall–Kier alpha value is -1.42. The van der Waals surface area contributed by atoms with Gasteiger partial charge in [0.1, 0.15) is 0 Å². The van der Waals surface area contributed by atoms with Crippen LogP contribution in [0.4, 0.5) is 0 Å². The highest BCUT2D eigenvalue weighted by Crippen LogP contribution is 2.19. The van der Waals surface area contributed by atoms with Crippen LogP contribution >= 0.6 is 15.9 Å². The maximum atomic E-state index is 11.3. The first-order valence-corrected chi connectivity index (χ1v) is 5.51. The molecule has 0 saturated heterocycles. The van der Waals surface area contributed by atoms with Crippen molar-refractivity contribution in [3.8, 4) is 11.3 Å². The predicted octanol–water partition coefficient (Wildman–Crippen LogP) is 2.92. The summed E-state index contributed by atoms with van der Waals surface area (Å²) in [7, 11) is 0. The smallest absolute Gasteiger partial charge is 0.181 e. The van der Waals surface area contributed by atoms with Crippen molar-refractivity contribution in [2.75, 3.05) is 5.33 Å². The Bertz CT molecular complexity index is 448. The Kier molecular flexibility index (Phi) is 2.97. The maximum Gasteiger partial charge on any atom is 0.181 e. The molecule has 0 radical (unpaired) electrons. The fourth-order valence-electron chi connectivity index (χ4n) is 1.26. The van der Waals surface area contributed by atoms with Gasteiger partial charge in [0, 0.05) is 11.1 Å². The quantitative estimate of drug-likeness (QED) is 0.633. The molecule has 0 aliphatic carbocycles. The van der Waals surface area contributed by atoms with Gasteiger partial charge < -0.3 is 4.42 Å². The maximum absolute atomic E-state index is 11.3. The number of carbonyl (C=O) groups excluding carboxylic acids is 1.